The molecule has 14 heavy (non-hydrogen) atoms. The second kappa shape index (κ2) is 5.89. The Morgan fingerprint density at radius 1 is 1.14 bits per heavy atom. The molecule has 0 aromatic heterocycles. The third-order valence-corrected chi connectivity index (χ3v) is 1.87. The van der Waals surface area contributed by atoms with Gasteiger partial charge in [-0.05, 0) is 33.6 Å². The first-order valence-corrected chi connectivity index (χ1v) is 5.44. The van der Waals surface area contributed by atoms with Crippen molar-refractivity contribution in [2.24, 2.45) is 16.6 Å². The van der Waals surface area contributed by atoms with Crippen molar-refractivity contribution in [3.05, 3.63) is 0 Å². The van der Waals surface area contributed by atoms with E-state index in [1.807, 2.05) is 13.8 Å². The highest BCUT2D eigenvalue weighted by atomic mass is 15.3. The van der Waals surface area contributed by atoms with Gasteiger partial charge in [0, 0.05) is 18.6 Å². The van der Waals surface area contributed by atoms with Crippen molar-refractivity contribution in [3.63, 3.8) is 0 Å². The highest BCUT2D eigenvalue weighted by molar-refractivity contribution is 5.78. The van der Waals surface area contributed by atoms with Gasteiger partial charge >= 0.3 is 0 Å². The molecular weight excluding hydrogens is 174 g/mol. The van der Waals surface area contributed by atoms with Crippen LogP contribution in [0.4, 0.5) is 0 Å². The molecule has 0 aliphatic rings. The summed E-state index contributed by atoms with van der Waals surface area (Å²) in [7, 11) is 0. The summed E-state index contributed by atoms with van der Waals surface area (Å²) in [6.45, 7) is 13.7. The van der Waals surface area contributed by atoms with Crippen molar-refractivity contribution < 1.29 is 0 Å². The molecule has 0 aromatic rings. The van der Waals surface area contributed by atoms with Gasteiger partial charge in [0.05, 0.1) is 0 Å². The van der Waals surface area contributed by atoms with Crippen LogP contribution in [0, 0.1) is 5.92 Å². The topological polar surface area (TPSA) is 41.6 Å². The largest absolute Gasteiger partial charge is 0.370 e. The number of hydrogen-bond acceptors (Lipinski definition) is 1. The molecule has 0 radical (unpaired) electrons. The molecule has 0 aliphatic carbocycles. The monoisotopic (exact) mass is 199 g/mol. The van der Waals surface area contributed by atoms with E-state index in [0.29, 0.717) is 17.9 Å². The molecule has 0 fully saturated rings. The number of rotatable bonds is 4. The summed E-state index contributed by atoms with van der Waals surface area (Å²) < 4.78 is 0. The fourth-order valence-electron chi connectivity index (χ4n) is 1.30. The number of nitrogens with two attached hydrogens (primary N) is 1. The molecule has 0 aromatic carbocycles. The second-order valence-electron chi connectivity index (χ2n) is 4.72. The third-order valence-electron chi connectivity index (χ3n) is 1.87. The van der Waals surface area contributed by atoms with Crippen LogP contribution in [0.5, 0.6) is 0 Å². The lowest BCUT2D eigenvalue weighted by atomic mass is 10.2. The van der Waals surface area contributed by atoms with Gasteiger partial charge < -0.3 is 10.6 Å². The Labute approximate surface area is 88.4 Å². The fourth-order valence-corrected chi connectivity index (χ4v) is 1.30. The predicted octanol–water partition coefficient (Wildman–Crippen LogP) is 2.08. The van der Waals surface area contributed by atoms with Crippen molar-refractivity contribution in [1.82, 2.24) is 4.90 Å². The number of hydrogen-bond donors (Lipinski definition) is 1. The van der Waals surface area contributed by atoms with Crippen molar-refractivity contribution in [2.75, 3.05) is 6.54 Å². The van der Waals surface area contributed by atoms with Gasteiger partial charge in [-0.15, -0.1) is 0 Å². The fraction of sp³-hybridized carbons (Fsp3) is 0.909. The molecule has 0 spiro atoms. The maximum Gasteiger partial charge on any atom is 0.191 e. The van der Waals surface area contributed by atoms with E-state index < -0.39 is 0 Å². The lowest BCUT2D eigenvalue weighted by molar-refractivity contribution is 0.306. The lowest BCUT2D eigenvalue weighted by Crippen LogP contribution is -2.44. The molecule has 3 heteroatoms. The minimum atomic E-state index is 0.267. The van der Waals surface area contributed by atoms with Gasteiger partial charge in [-0.1, -0.05) is 13.8 Å². The highest BCUT2D eigenvalue weighted by Crippen LogP contribution is 2.04. The zero-order chi connectivity index (χ0) is 11.3. The van der Waals surface area contributed by atoms with Gasteiger partial charge in [0.15, 0.2) is 5.96 Å². The molecule has 0 aliphatic heterocycles. The molecule has 0 atom stereocenters. The van der Waals surface area contributed by atoms with Crippen LogP contribution in [0.2, 0.25) is 0 Å². The summed E-state index contributed by atoms with van der Waals surface area (Å²) in [5.41, 5.74) is 5.94. The summed E-state index contributed by atoms with van der Waals surface area (Å²) in [6.07, 6.45) is 0. The molecule has 0 bridgehead atoms. The van der Waals surface area contributed by atoms with E-state index in [1.165, 1.54) is 0 Å². The third kappa shape index (κ3) is 5.10. The summed E-state index contributed by atoms with van der Waals surface area (Å²) in [6, 6.07) is 0.684. The van der Waals surface area contributed by atoms with Gasteiger partial charge in [0.25, 0.3) is 0 Å². The van der Waals surface area contributed by atoms with Gasteiger partial charge in [0.1, 0.15) is 0 Å². The Morgan fingerprint density at radius 3 is 1.93 bits per heavy atom. The Hall–Kier alpha value is -0.730. The average Bonchev–Trinajstić information content (AvgIpc) is 1.97. The summed E-state index contributed by atoms with van der Waals surface area (Å²) in [5, 5.41) is 0. The van der Waals surface area contributed by atoms with Gasteiger partial charge in [0.2, 0.25) is 0 Å². The normalized spacial score (nSPS) is 13.1. The standard InChI is InChI=1S/C11H25N3/c1-8(2)7-14(10(5)6)11(12)13-9(3)4/h8-10H,7H2,1-6H3,(H2,12,13). The number of nitrogens with zero attached hydrogens (tertiary/aromatic N) is 2. The molecule has 84 valence electrons. The Morgan fingerprint density at radius 2 is 1.64 bits per heavy atom. The SMILES string of the molecule is CC(C)CN(C(N)=NC(C)C)C(C)C. The first-order chi connectivity index (χ1) is 6.34. The van der Waals surface area contributed by atoms with Crippen molar-refractivity contribution in [3.8, 4) is 0 Å². The Balaban J connectivity index is 4.49. The maximum absolute atomic E-state index is 5.94. The molecule has 0 heterocycles. The van der Waals surface area contributed by atoms with Crippen LogP contribution in [0.25, 0.3) is 0 Å². The zero-order valence-electron chi connectivity index (χ0n) is 10.4. The van der Waals surface area contributed by atoms with E-state index in [2.05, 4.69) is 37.6 Å². The highest BCUT2D eigenvalue weighted by Gasteiger charge is 2.13. The average molecular weight is 199 g/mol. The van der Waals surface area contributed by atoms with Crippen LogP contribution in [-0.2, 0) is 0 Å². The molecule has 3 nitrogen and oxygen atoms in total. The van der Waals surface area contributed by atoms with Crippen LogP contribution in [0.3, 0.4) is 0 Å². The molecule has 2 N–H and O–H groups in total. The molecular formula is C11H25N3. The minimum absolute atomic E-state index is 0.267. The quantitative estimate of drug-likeness (QED) is 0.556. The van der Waals surface area contributed by atoms with E-state index >= 15 is 0 Å². The van der Waals surface area contributed by atoms with E-state index in [9.17, 15) is 0 Å². The number of guanidine groups is 1. The smallest absolute Gasteiger partial charge is 0.191 e. The van der Waals surface area contributed by atoms with E-state index in [-0.39, 0.29) is 6.04 Å². The Kier molecular flexibility index (Phi) is 5.58. The Bertz CT molecular complexity index is 183. The first kappa shape index (κ1) is 13.3. The van der Waals surface area contributed by atoms with Crippen LogP contribution in [-0.4, -0.2) is 29.5 Å². The molecule has 0 amide bonds. The maximum atomic E-state index is 5.94. The van der Waals surface area contributed by atoms with Crippen molar-refractivity contribution in [2.45, 2.75) is 53.6 Å². The van der Waals surface area contributed by atoms with Gasteiger partial charge in [-0.25, -0.2) is 0 Å². The second-order valence-corrected chi connectivity index (χ2v) is 4.72. The van der Waals surface area contributed by atoms with Crippen LogP contribution < -0.4 is 5.73 Å². The van der Waals surface area contributed by atoms with Gasteiger partial charge in [-0.3, -0.25) is 4.99 Å². The van der Waals surface area contributed by atoms with Crippen LogP contribution in [0.1, 0.15) is 41.5 Å². The lowest BCUT2D eigenvalue weighted by Gasteiger charge is -2.29. The van der Waals surface area contributed by atoms with Gasteiger partial charge in [-0.2, -0.15) is 0 Å². The van der Waals surface area contributed by atoms with Crippen molar-refractivity contribution >= 4 is 5.96 Å². The molecule has 0 rings (SSSR count). The summed E-state index contributed by atoms with van der Waals surface area (Å²) >= 11 is 0. The number of aliphatic imine (C=N–C) groups is 1. The molecule has 0 unspecified atom stereocenters. The van der Waals surface area contributed by atoms with Crippen molar-refractivity contribution in [1.29, 1.82) is 0 Å². The first-order valence-electron chi connectivity index (χ1n) is 5.44. The summed E-state index contributed by atoms with van der Waals surface area (Å²) in [4.78, 5) is 6.53. The molecule has 0 saturated carbocycles. The van der Waals surface area contributed by atoms with E-state index in [1.54, 1.807) is 0 Å². The van der Waals surface area contributed by atoms with E-state index in [4.69, 9.17) is 5.73 Å². The minimum Gasteiger partial charge on any atom is -0.370 e. The summed E-state index contributed by atoms with van der Waals surface area (Å²) in [5.74, 6) is 1.28. The zero-order valence-corrected chi connectivity index (χ0v) is 10.4. The van der Waals surface area contributed by atoms with E-state index in [0.717, 1.165) is 6.54 Å². The molecule has 0 saturated heterocycles. The predicted molar refractivity (Wildman–Crippen MR) is 63.4 cm³/mol. The van der Waals surface area contributed by atoms with Crippen LogP contribution in [0.15, 0.2) is 4.99 Å². The van der Waals surface area contributed by atoms with Crippen LogP contribution >= 0.6 is 0 Å².